The number of nitrogens with one attached hydrogen (secondary N) is 1. The maximum absolute atomic E-state index is 11.3. The molecule has 0 heterocycles. The first-order valence-corrected chi connectivity index (χ1v) is 7.08. The summed E-state index contributed by atoms with van der Waals surface area (Å²) in [7, 11) is 0. The Morgan fingerprint density at radius 2 is 1.95 bits per heavy atom. The van der Waals surface area contributed by atoms with Crippen LogP contribution in [0.15, 0.2) is 30.3 Å². The molecule has 3 heteroatoms. The first-order chi connectivity index (χ1) is 9.18. The third-order valence-electron chi connectivity index (χ3n) is 2.77. The molecule has 3 nitrogen and oxygen atoms in total. The number of benzene rings is 1. The van der Waals surface area contributed by atoms with Crippen molar-refractivity contribution in [3.05, 3.63) is 35.9 Å². The largest absolute Gasteiger partial charge is 0.466 e. The zero-order chi connectivity index (χ0) is 13.9. The predicted molar refractivity (Wildman–Crippen MR) is 78.0 cm³/mol. The van der Waals surface area contributed by atoms with Crippen LogP contribution in [0.25, 0.3) is 0 Å². The van der Waals surface area contributed by atoms with Gasteiger partial charge in [-0.3, -0.25) is 4.79 Å². The molecule has 1 aromatic carbocycles. The summed E-state index contributed by atoms with van der Waals surface area (Å²) in [6.45, 7) is 6.41. The summed E-state index contributed by atoms with van der Waals surface area (Å²) in [4.78, 5) is 11.3. The molecule has 0 saturated carbocycles. The summed E-state index contributed by atoms with van der Waals surface area (Å²) in [5.41, 5.74) is 1.35. The molecule has 0 aliphatic carbocycles. The maximum Gasteiger partial charge on any atom is 0.306 e. The van der Waals surface area contributed by atoms with E-state index in [0.29, 0.717) is 18.9 Å². The molecule has 1 aromatic rings. The van der Waals surface area contributed by atoms with Crippen LogP contribution in [0.5, 0.6) is 0 Å². The molecule has 0 aliphatic rings. The Morgan fingerprint density at radius 1 is 1.21 bits per heavy atom. The first-order valence-electron chi connectivity index (χ1n) is 7.08. The van der Waals surface area contributed by atoms with Gasteiger partial charge in [-0.25, -0.2) is 0 Å². The van der Waals surface area contributed by atoms with Crippen molar-refractivity contribution in [2.24, 2.45) is 5.92 Å². The van der Waals surface area contributed by atoms with Crippen LogP contribution in [-0.2, 0) is 16.0 Å². The fourth-order valence-electron chi connectivity index (χ4n) is 1.78. The molecule has 0 radical (unpaired) electrons. The highest BCUT2D eigenvalue weighted by Crippen LogP contribution is 2.01. The van der Waals surface area contributed by atoms with Crippen LogP contribution in [0, 0.1) is 5.92 Å². The highest BCUT2D eigenvalue weighted by Gasteiger charge is 2.04. The van der Waals surface area contributed by atoms with E-state index in [0.717, 1.165) is 25.9 Å². The van der Waals surface area contributed by atoms with Gasteiger partial charge in [-0.2, -0.15) is 0 Å². The minimum atomic E-state index is -0.0840. The van der Waals surface area contributed by atoms with Gasteiger partial charge in [0.05, 0.1) is 6.61 Å². The predicted octanol–water partition coefficient (Wildman–Crippen LogP) is 2.80. The van der Waals surface area contributed by atoms with Crippen LogP contribution in [0.3, 0.4) is 0 Å². The molecule has 106 valence electrons. The molecule has 0 amide bonds. The van der Waals surface area contributed by atoms with E-state index in [1.54, 1.807) is 0 Å². The smallest absolute Gasteiger partial charge is 0.306 e. The van der Waals surface area contributed by atoms with Gasteiger partial charge in [0.25, 0.3) is 0 Å². The van der Waals surface area contributed by atoms with E-state index in [1.165, 1.54) is 5.56 Å². The summed E-state index contributed by atoms with van der Waals surface area (Å²) in [6, 6.07) is 10.4. The second kappa shape index (κ2) is 9.56. The van der Waals surface area contributed by atoms with Gasteiger partial charge in [-0.05, 0) is 37.4 Å². The molecular weight excluding hydrogens is 238 g/mol. The Morgan fingerprint density at radius 3 is 2.63 bits per heavy atom. The average Bonchev–Trinajstić information content (AvgIpc) is 2.38. The molecule has 19 heavy (non-hydrogen) atoms. The van der Waals surface area contributed by atoms with Gasteiger partial charge in [-0.1, -0.05) is 44.2 Å². The van der Waals surface area contributed by atoms with Crippen molar-refractivity contribution in [3.8, 4) is 0 Å². The normalized spacial score (nSPS) is 10.7. The molecule has 1 N–H and O–H groups in total. The van der Waals surface area contributed by atoms with Crippen LogP contribution in [-0.4, -0.2) is 25.7 Å². The summed E-state index contributed by atoms with van der Waals surface area (Å²) < 4.78 is 5.14. The van der Waals surface area contributed by atoms with Crippen molar-refractivity contribution in [2.75, 3.05) is 19.7 Å². The van der Waals surface area contributed by atoms with Crippen molar-refractivity contribution >= 4 is 5.97 Å². The highest BCUT2D eigenvalue weighted by molar-refractivity contribution is 5.69. The van der Waals surface area contributed by atoms with E-state index in [2.05, 4.69) is 29.6 Å². The van der Waals surface area contributed by atoms with Crippen LogP contribution >= 0.6 is 0 Å². The van der Waals surface area contributed by atoms with Crippen molar-refractivity contribution < 1.29 is 9.53 Å². The fourth-order valence-corrected chi connectivity index (χ4v) is 1.78. The minimum Gasteiger partial charge on any atom is -0.466 e. The lowest BCUT2D eigenvalue weighted by atomic mass is 10.1. The molecular formula is C16H25NO2. The number of rotatable bonds is 9. The SMILES string of the molecule is CC(C)CC(=O)OCCCNCCc1ccccc1. The van der Waals surface area contributed by atoms with Crippen molar-refractivity contribution in [1.29, 1.82) is 0 Å². The molecule has 0 aliphatic heterocycles. The molecule has 0 spiro atoms. The standard InChI is InChI=1S/C16H25NO2/c1-14(2)13-16(18)19-12-6-10-17-11-9-15-7-4-3-5-8-15/h3-5,7-8,14,17H,6,9-13H2,1-2H3. The quantitative estimate of drug-likeness (QED) is 0.550. The zero-order valence-corrected chi connectivity index (χ0v) is 12.0. The van der Waals surface area contributed by atoms with Gasteiger partial charge in [0.1, 0.15) is 0 Å². The van der Waals surface area contributed by atoms with Gasteiger partial charge >= 0.3 is 5.97 Å². The van der Waals surface area contributed by atoms with E-state index in [1.807, 2.05) is 19.9 Å². The Hall–Kier alpha value is -1.35. The van der Waals surface area contributed by atoms with Crippen LogP contribution < -0.4 is 5.32 Å². The molecule has 0 bridgehead atoms. The van der Waals surface area contributed by atoms with E-state index in [9.17, 15) is 4.79 Å². The van der Waals surface area contributed by atoms with Gasteiger partial charge in [0, 0.05) is 6.42 Å². The molecule has 0 fully saturated rings. The number of hydrogen-bond donors (Lipinski definition) is 1. The van der Waals surface area contributed by atoms with E-state index >= 15 is 0 Å². The van der Waals surface area contributed by atoms with Crippen LogP contribution in [0.2, 0.25) is 0 Å². The number of hydrogen-bond acceptors (Lipinski definition) is 3. The van der Waals surface area contributed by atoms with Crippen molar-refractivity contribution in [1.82, 2.24) is 5.32 Å². The number of carbonyl (C=O) groups excluding carboxylic acids is 1. The lowest BCUT2D eigenvalue weighted by molar-refractivity contribution is -0.144. The highest BCUT2D eigenvalue weighted by atomic mass is 16.5. The van der Waals surface area contributed by atoms with Gasteiger partial charge < -0.3 is 10.1 Å². The molecule has 1 rings (SSSR count). The molecule has 0 saturated heterocycles. The number of carbonyl (C=O) groups is 1. The van der Waals surface area contributed by atoms with E-state index in [4.69, 9.17) is 4.74 Å². The average molecular weight is 263 g/mol. The van der Waals surface area contributed by atoms with Crippen molar-refractivity contribution in [2.45, 2.75) is 33.1 Å². The Balaban J connectivity index is 1.93. The summed E-state index contributed by atoms with van der Waals surface area (Å²) >= 11 is 0. The lowest BCUT2D eigenvalue weighted by Crippen LogP contribution is -2.20. The van der Waals surface area contributed by atoms with Crippen LogP contribution in [0.1, 0.15) is 32.3 Å². The van der Waals surface area contributed by atoms with E-state index < -0.39 is 0 Å². The summed E-state index contributed by atoms with van der Waals surface area (Å²) in [5, 5.41) is 3.36. The third kappa shape index (κ3) is 8.38. The first kappa shape index (κ1) is 15.7. The third-order valence-corrected chi connectivity index (χ3v) is 2.77. The van der Waals surface area contributed by atoms with Crippen LogP contribution in [0.4, 0.5) is 0 Å². The molecule has 0 atom stereocenters. The van der Waals surface area contributed by atoms with Crippen molar-refractivity contribution in [3.63, 3.8) is 0 Å². The maximum atomic E-state index is 11.3. The Bertz CT molecular complexity index is 349. The van der Waals surface area contributed by atoms with E-state index in [-0.39, 0.29) is 5.97 Å². The minimum absolute atomic E-state index is 0.0840. The molecule has 0 aromatic heterocycles. The zero-order valence-electron chi connectivity index (χ0n) is 12.0. The Labute approximate surface area is 116 Å². The number of esters is 1. The van der Waals surface area contributed by atoms with Gasteiger partial charge in [0.2, 0.25) is 0 Å². The summed E-state index contributed by atoms with van der Waals surface area (Å²) in [6.07, 6.45) is 2.42. The second-order valence-electron chi connectivity index (χ2n) is 5.16. The Kier molecular flexibility index (Phi) is 7.91. The second-order valence-corrected chi connectivity index (χ2v) is 5.16. The van der Waals surface area contributed by atoms with Gasteiger partial charge in [0.15, 0.2) is 0 Å². The summed E-state index contributed by atoms with van der Waals surface area (Å²) in [5.74, 6) is 0.288. The lowest BCUT2D eigenvalue weighted by Gasteiger charge is -2.07. The topological polar surface area (TPSA) is 38.3 Å². The van der Waals surface area contributed by atoms with Gasteiger partial charge in [-0.15, -0.1) is 0 Å². The fraction of sp³-hybridized carbons (Fsp3) is 0.562. The molecule has 0 unspecified atom stereocenters. The monoisotopic (exact) mass is 263 g/mol. The number of ether oxygens (including phenoxy) is 1.